The van der Waals surface area contributed by atoms with Gasteiger partial charge in [0.05, 0.1) is 12.7 Å². The molecule has 1 aliphatic rings. The van der Waals surface area contributed by atoms with Gasteiger partial charge in [0, 0.05) is 31.9 Å². The lowest BCUT2D eigenvalue weighted by Gasteiger charge is -2.29. The first-order chi connectivity index (χ1) is 9.89. The second-order valence-corrected chi connectivity index (χ2v) is 7.47. The Morgan fingerprint density at radius 2 is 2.24 bits per heavy atom. The van der Waals surface area contributed by atoms with Gasteiger partial charge in [-0.1, -0.05) is 19.9 Å². The van der Waals surface area contributed by atoms with Crippen LogP contribution in [-0.4, -0.2) is 49.5 Å². The molecular weight excluding hydrogens is 290 g/mol. The summed E-state index contributed by atoms with van der Waals surface area (Å²) in [5.41, 5.74) is 0.970. The maximum atomic E-state index is 12.5. The van der Waals surface area contributed by atoms with Crippen LogP contribution in [0, 0.1) is 0 Å². The van der Waals surface area contributed by atoms with E-state index < -0.39 is 10.0 Å². The fourth-order valence-electron chi connectivity index (χ4n) is 2.13. The maximum absolute atomic E-state index is 12.5. The molecule has 0 amide bonds. The fraction of sp³-hybridized carbons (Fsp3) is 0.643. The van der Waals surface area contributed by atoms with E-state index in [9.17, 15) is 8.42 Å². The Morgan fingerprint density at radius 3 is 2.81 bits per heavy atom. The summed E-state index contributed by atoms with van der Waals surface area (Å²) in [6, 6.07) is 3.76. The van der Waals surface area contributed by atoms with Gasteiger partial charge in [0.1, 0.15) is 0 Å². The van der Waals surface area contributed by atoms with E-state index >= 15 is 0 Å². The van der Waals surface area contributed by atoms with Crippen molar-refractivity contribution in [3.05, 3.63) is 23.9 Å². The zero-order valence-corrected chi connectivity index (χ0v) is 13.6. The molecule has 1 unspecified atom stereocenters. The number of ether oxygens (including phenoxy) is 1. The van der Waals surface area contributed by atoms with Gasteiger partial charge in [-0.15, -0.1) is 0 Å². The van der Waals surface area contributed by atoms with Crippen molar-refractivity contribution in [3.63, 3.8) is 0 Å². The molecular formula is C14H23N3O3S. The molecule has 1 atom stereocenters. The van der Waals surface area contributed by atoms with E-state index in [2.05, 4.69) is 24.1 Å². The monoisotopic (exact) mass is 313 g/mol. The number of nitrogens with one attached hydrogen (secondary N) is 1. The Bertz CT molecular complexity index is 557. The molecule has 1 aromatic rings. The molecule has 1 N–H and O–H groups in total. The van der Waals surface area contributed by atoms with E-state index in [1.54, 1.807) is 18.3 Å². The van der Waals surface area contributed by atoms with Crippen molar-refractivity contribution in [2.75, 3.05) is 19.7 Å². The maximum Gasteiger partial charge on any atom is 0.260 e. The zero-order chi connectivity index (χ0) is 15.5. The molecule has 1 fully saturated rings. The number of nitrogens with zero attached hydrogens (tertiary/aromatic N) is 2. The number of pyridine rings is 1. The molecule has 1 aliphatic heterocycles. The van der Waals surface area contributed by atoms with E-state index in [0.717, 1.165) is 5.56 Å². The van der Waals surface area contributed by atoms with E-state index in [0.29, 0.717) is 32.3 Å². The van der Waals surface area contributed by atoms with E-state index in [4.69, 9.17) is 4.74 Å². The third kappa shape index (κ3) is 4.23. The molecule has 1 saturated heterocycles. The predicted molar refractivity (Wildman–Crippen MR) is 80.4 cm³/mol. The normalized spacial score (nSPS) is 20.9. The molecule has 2 heterocycles. The number of hydrogen-bond donors (Lipinski definition) is 1. The highest BCUT2D eigenvalue weighted by Crippen LogP contribution is 2.17. The molecule has 0 radical (unpaired) electrons. The molecule has 6 nitrogen and oxygen atoms in total. The van der Waals surface area contributed by atoms with Crippen LogP contribution in [0.5, 0.6) is 0 Å². The SMILES string of the molecule is CC(C)NCc1ccc(S(=O)(=O)N2CCOC(C)C2)nc1. The van der Waals surface area contributed by atoms with Gasteiger partial charge in [-0.3, -0.25) is 0 Å². The van der Waals surface area contributed by atoms with Crippen molar-refractivity contribution in [1.82, 2.24) is 14.6 Å². The molecule has 0 bridgehead atoms. The fourth-order valence-corrected chi connectivity index (χ4v) is 3.54. The Morgan fingerprint density at radius 1 is 1.48 bits per heavy atom. The van der Waals surface area contributed by atoms with Crippen LogP contribution in [0.2, 0.25) is 0 Å². The summed E-state index contributed by atoms with van der Waals surface area (Å²) in [4.78, 5) is 4.12. The van der Waals surface area contributed by atoms with Crippen LogP contribution in [0.4, 0.5) is 0 Å². The van der Waals surface area contributed by atoms with Crippen molar-refractivity contribution in [1.29, 1.82) is 0 Å². The zero-order valence-electron chi connectivity index (χ0n) is 12.7. The predicted octanol–water partition coefficient (Wildman–Crippen LogP) is 0.989. The minimum absolute atomic E-state index is 0.0805. The minimum atomic E-state index is -3.52. The van der Waals surface area contributed by atoms with Gasteiger partial charge in [0.25, 0.3) is 10.0 Å². The number of morpholine rings is 1. The summed E-state index contributed by atoms with van der Waals surface area (Å²) < 4.78 is 31.8. The Kier molecular flexibility index (Phi) is 5.32. The average molecular weight is 313 g/mol. The smallest absolute Gasteiger partial charge is 0.260 e. The van der Waals surface area contributed by atoms with Crippen LogP contribution < -0.4 is 5.32 Å². The molecule has 21 heavy (non-hydrogen) atoms. The van der Waals surface area contributed by atoms with Gasteiger partial charge in [-0.2, -0.15) is 4.31 Å². The Hall–Kier alpha value is -1.02. The Balaban J connectivity index is 2.09. The molecule has 118 valence electrons. The number of rotatable bonds is 5. The van der Waals surface area contributed by atoms with Gasteiger partial charge in [-0.05, 0) is 18.6 Å². The van der Waals surface area contributed by atoms with Gasteiger partial charge >= 0.3 is 0 Å². The van der Waals surface area contributed by atoms with Gasteiger partial charge in [0.15, 0.2) is 5.03 Å². The second kappa shape index (κ2) is 6.83. The molecule has 1 aromatic heterocycles. The molecule has 2 rings (SSSR count). The largest absolute Gasteiger partial charge is 0.376 e. The lowest BCUT2D eigenvalue weighted by Crippen LogP contribution is -2.44. The van der Waals surface area contributed by atoms with Crippen LogP contribution in [0.3, 0.4) is 0 Å². The molecule has 7 heteroatoms. The molecule has 0 saturated carbocycles. The van der Waals surface area contributed by atoms with Gasteiger partial charge in [0.2, 0.25) is 0 Å². The van der Waals surface area contributed by atoms with Crippen molar-refractivity contribution < 1.29 is 13.2 Å². The summed E-state index contributed by atoms with van der Waals surface area (Å²) in [6.07, 6.45) is 1.54. The Labute approximate surface area is 126 Å². The van der Waals surface area contributed by atoms with E-state index in [1.165, 1.54) is 4.31 Å². The van der Waals surface area contributed by atoms with Crippen molar-refractivity contribution in [2.45, 2.75) is 44.5 Å². The summed E-state index contributed by atoms with van der Waals surface area (Å²) >= 11 is 0. The van der Waals surface area contributed by atoms with Crippen molar-refractivity contribution in [2.24, 2.45) is 0 Å². The summed E-state index contributed by atoms with van der Waals surface area (Å²) in [6.45, 7) is 7.86. The summed E-state index contributed by atoms with van der Waals surface area (Å²) in [5.74, 6) is 0. The standard InChI is InChI=1S/C14H23N3O3S/c1-11(2)15-8-13-4-5-14(16-9-13)21(18,19)17-6-7-20-12(3)10-17/h4-5,9,11-12,15H,6-8,10H2,1-3H3. The van der Waals surface area contributed by atoms with Crippen LogP contribution >= 0.6 is 0 Å². The van der Waals surface area contributed by atoms with Crippen molar-refractivity contribution in [3.8, 4) is 0 Å². The quantitative estimate of drug-likeness (QED) is 0.878. The van der Waals surface area contributed by atoms with Crippen LogP contribution in [0.1, 0.15) is 26.3 Å². The third-order valence-corrected chi connectivity index (χ3v) is 5.10. The highest BCUT2D eigenvalue weighted by Gasteiger charge is 2.29. The first-order valence-corrected chi connectivity index (χ1v) is 8.63. The highest BCUT2D eigenvalue weighted by molar-refractivity contribution is 7.89. The molecule has 0 aliphatic carbocycles. The summed E-state index contributed by atoms with van der Waals surface area (Å²) in [5, 5.41) is 3.37. The van der Waals surface area contributed by atoms with E-state index in [-0.39, 0.29) is 11.1 Å². The lowest BCUT2D eigenvalue weighted by atomic mass is 10.2. The number of hydrogen-bond acceptors (Lipinski definition) is 5. The van der Waals surface area contributed by atoms with Crippen molar-refractivity contribution >= 4 is 10.0 Å². The van der Waals surface area contributed by atoms with Gasteiger partial charge < -0.3 is 10.1 Å². The third-order valence-electron chi connectivity index (χ3n) is 3.32. The van der Waals surface area contributed by atoms with Crippen LogP contribution in [0.15, 0.2) is 23.4 Å². The first kappa shape index (κ1) is 16.4. The lowest BCUT2D eigenvalue weighted by molar-refractivity contribution is 0.0101. The molecule has 0 spiro atoms. The summed E-state index contributed by atoms with van der Waals surface area (Å²) in [7, 11) is -3.52. The first-order valence-electron chi connectivity index (χ1n) is 7.19. The minimum Gasteiger partial charge on any atom is -0.376 e. The molecule has 0 aromatic carbocycles. The van der Waals surface area contributed by atoms with Crippen LogP contribution in [0.25, 0.3) is 0 Å². The highest BCUT2D eigenvalue weighted by atomic mass is 32.2. The average Bonchev–Trinajstić information content (AvgIpc) is 2.45. The second-order valence-electron chi connectivity index (χ2n) is 5.58. The topological polar surface area (TPSA) is 71.5 Å². The van der Waals surface area contributed by atoms with Crippen LogP contribution in [-0.2, 0) is 21.3 Å². The van der Waals surface area contributed by atoms with E-state index in [1.807, 2.05) is 6.92 Å². The number of sulfonamides is 1. The number of aromatic nitrogens is 1. The van der Waals surface area contributed by atoms with Gasteiger partial charge in [-0.25, -0.2) is 13.4 Å².